The van der Waals surface area contributed by atoms with E-state index < -0.39 is 0 Å². The number of fused-ring (bicyclic) bond motifs is 20. The third kappa shape index (κ3) is 7.83. The Balaban J connectivity index is 0.00000455. The molecule has 1 radical (unpaired) electrons. The Morgan fingerprint density at radius 1 is 0.263 bits per heavy atom. The summed E-state index contributed by atoms with van der Waals surface area (Å²) in [7, 11) is 0. The van der Waals surface area contributed by atoms with Crippen molar-refractivity contribution in [3.05, 3.63) is 0 Å². The fraction of sp³-hybridized carbons (Fsp3) is 1.00. The minimum atomic E-state index is 0. The van der Waals surface area contributed by atoms with Gasteiger partial charge in [0.15, 0.2) is 0 Å². The summed E-state index contributed by atoms with van der Waals surface area (Å²) in [6.07, 6.45) is 18.9. The van der Waals surface area contributed by atoms with Gasteiger partial charge in [0.2, 0.25) is 0 Å². The summed E-state index contributed by atoms with van der Waals surface area (Å²) in [4.78, 5) is 0. The molecule has 9 aliphatic rings. The van der Waals surface area contributed by atoms with E-state index in [0.29, 0.717) is 108 Å². The van der Waals surface area contributed by atoms with E-state index in [1.165, 1.54) is 77.0 Å². The van der Waals surface area contributed by atoms with Gasteiger partial charge in [-0.2, -0.15) is 0 Å². The summed E-state index contributed by atoms with van der Waals surface area (Å²) in [6, 6.07) is 0. The van der Waals surface area contributed by atoms with Crippen molar-refractivity contribution in [3.63, 3.8) is 0 Å². The second kappa shape index (κ2) is 15.8. The zero-order valence-electron chi connectivity index (χ0n) is 38.3. The second-order valence-electron chi connectivity index (χ2n) is 25.7. The first-order chi connectivity index (χ1) is 26.3. The number of rotatable bonds is 0. The van der Waals surface area contributed by atoms with Gasteiger partial charge in [-0.25, -0.2) is 0 Å². The zero-order valence-corrected chi connectivity index (χ0v) is 39.3. The largest absolute Gasteiger partial charge is 0.286 e. The predicted octanol–water partition coefficient (Wildman–Crippen LogP) is 7.69. The van der Waals surface area contributed by atoms with Crippen LogP contribution in [-0.2, 0) is 17.1 Å². The molecule has 4 aliphatic carbocycles. The molecule has 331 valence electrons. The molecule has 4 saturated carbocycles. The van der Waals surface area contributed by atoms with E-state index >= 15 is 0 Å². The Labute approximate surface area is 360 Å². The van der Waals surface area contributed by atoms with E-state index in [1.54, 1.807) is 0 Å². The zero-order chi connectivity index (χ0) is 39.7. The Hall–Kier alpha value is 0.199. The van der Waals surface area contributed by atoms with Crippen LogP contribution in [0.4, 0.5) is 0 Å². The topological polar surface area (TPSA) is 96.2 Å². The van der Waals surface area contributed by atoms with Crippen molar-refractivity contribution in [2.24, 2.45) is 92.7 Å². The summed E-state index contributed by atoms with van der Waals surface area (Å²) in [6.45, 7) is 31.2. The molecule has 9 heteroatoms. The molecule has 0 aromatic carbocycles. The number of hydrogen-bond acceptors (Lipinski definition) is 8. The van der Waals surface area contributed by atoms with Crippen LogP contribution in [0.2, 0.25) is 0 Å². The van der Waals surface area contributed by atoms with Gasteiger partial charge >= 0.3 is 0 Å². The van der Waals surface area contributed by atoms with Crippen molar-refractivity contribution in [2.45, 2.75) is 209 Å². The van der Waals surface area contributed by atoms with Gasteiger partial charge in [-0.05, 0) is 131 Å². The minimum absolute atomic E-state index is 0. The Morgan fingerprint density at radius 3 is 0.632 bits per heavy atom. The third-order valence-electron chi connectivity index (χ3n) is 18.3. The number of nitrogens with one attached hydrogen (secondary N) is 8. The number of hydrogen-bond donors (Lipinski definition) is 8. The van der Waals surface area contributed by atoms with Crippen LogP contribution in [0.3, 0.4) is 0 Å². The standard InChI is InChI=1S/C48H88N8.Cu/c1-45(2,3)33-31-32(34(46(4,5)6)36(48(10,11)12)35(33)47(7,8)9)44-55-42-30-24-18-16-22-28(30)40(53-42)51-38-26-20-14-13-19-25(26)37(49-38)50-39-27-21-15-17-23-29(27)41(52-39)54-43(31)56-44;/h25-44,49-56H,13-24H2,1-12H3;. The smallest absolute Gasteiger partial charge is 0.0631 e. The maximum absolute atomic E-state index is 4.56. The molecule has 0 aromatic heterocycles. The van der Waals surface area contributed by atoms with Crippen molar-refractivity contribution in [3.8, 4) is 0 Å². The summed E-state index contributed by atoms with van der Waals surface area (Å²) < 4.78 is 0. The fourth-order valence-electron chi connectivity index (χ4n) is 16.6. The van der Waals surface area contributed by atoms with Crippen LogP contribution in [0.15, 0.2) is 0 Å². The van der Waals surface area contributed by atoms with Crippen LogP contribution in [0.1, 0.15) is 160 Å². The SMILES string of the molecule is CC(C)(C)C1C2C3NC4NC(NC5NC(NC6NC(NC(N3)C2C(C(C)(C)C)C(C(C)(C)C)C1C(C)(C)C)C1CCCCC61)C1CCCCC51)C1CCCCC41.[Cu]. The predicted molar refractivity (Wildman–Crippen MR) is 230 cm³/mol. The van der Waals surface area contributed by atoms with Crippen LogP contribution in [0.25, 0.3) is 0 Å². The first kappa shape index (κ1) is 43.8. The van der Waals surface area contributed by atoms with Gasteiger partial charge in [0, 0.05) is 17.1 Å². The molecular weight excluding hydrogens is 752 g/mol. The molecule has 9 fully saturated rings. The Bertz CT molecular complexity index is 1290. The van der Waals surface area contributed by atoms with Gasteiger partial charge in [-0.1, -0.05) is 122 Å². The maximum atomic E-state index is 4.56. The quantitative estimate of drug-likeness (QED) is 0.118. The van der Waals surface area contributed by atoms with Gasteiger partial charge in [0.05, 0.1) is 49.3 Å². The first-order valence-corrected chi connectivity index (χ1v) is 24.4. The van der Waals surface area contributed by atoms with Crippen LogP contribution in [-0.4, -0.2) is 49.3 Å². The molecule has 20 atom stereocenters. The molecule has 0 aromatic rings. The van der Waals surface area contributed by atoms with Crippen LogP contribution in [0, 0.1) is 92.7 Å². The van der Waals surface area contributed by atoms with Gasteiger partial charge in [0.25, 0.3) is 0 Å². The van der Waals surface area contributed by atoms with E-state index in [0.717, 1.165) is 0 Å². The molecule has 9 rings (SSSR count). The summed E-state index contributed by atoms with van der Waals surface area (Å²) in [5, 5.41) is 35.4. The molecular formula is C48H88CuN8. The average Bonchev–Trinajstić information content (AvgIpc) is 3.84. The second-order valence-corrected chi connectivity index (χ2v) is 25.7. The van der Waals surface area contributed by atoms with Crippen molar-refractivity contribution in [1.82, 2.24) is 42.5 Å². The molecule has 20 unspecified atom stereocenters. The van der Waals surface area contributed by atoms with Crippen molar-refractivity contribution in [1.29, 1.82) is 0 Å². The molecule has 8 bridgehead atoms. The van der Waals surface area contributed by atoms with Crippen LogP contribution >= 0.6 is 0 Å². The first-order valence-electron chi connectivity index (χ1n) is 24.4. The van der Waals surface area contributed by atoms with Crippen molar-refractivity contribution < 1.29 is 17.1 Å². The molecule has 5 heterocycles. The van der Waals surface area contributed by atoms with Gasteiger partial charge < -0.3 is 0 Å². The van der Waals surface area contributed by atoms with E-state index in [2.05, 4.69) is 126 Å². The van der Waals surface area contributed by atoms with Gasteiger partial charge in [-0.15, -0.1) is 0 Å². The molecule has 0 amide bonds. The average molecular weight is 841 g/mol. The van der Waals surface area contributed by atoms with Gasteiger partial charge in [-0.3, -0.25) is 42.5 Å². The summed E-state index contributed by atoms with van der Waals surface area (Å²) >= 11 is 0. The Kier molecular flexibility index (Phi) is 12.1. The van der Waals surface area contributed by atoms with Crippen LogP contribution < -0.4 is 42.5 Å². The summed E-state index contributed by atoms with van der Waals surface area (Å²) in [5.41, 5.74) is 0.712. The maximum Gasteiger partial charge on any atom is 0.0631 e. The monoisotopic (exact) mass is 840 g/mol. The minimum Gasteiger partial charge on any atom is -0.286 e. The van der Waals surface area contributed by atoms with Crippen LogP contribution in [0.5, 0.6) is 0 Å². The van der Waals surface area contributed by atoms with Crippen molar-refractivity contribution in [2.75, 3.05) is 0 Å². The van der Waals surface area contributed by atoms with E-state index in [1.807, 2.05) is 0 Å². The van der Waals surface area contributed by atoms with Crippen molar-refractivity contribution >= 4 is 0 Å². The fourth-order valence-corrected chi connectivity index (χ4v) is 16.6. The van der Waals surface area contributed by atoms with E-state index in [-0.39, 0.29) is 51.1 Å². The van der Waals surface area contributed by atoms with E-state index in [9.17, 15) is 0 Å². The molecule has 5 saturated heterocycles. The molecule has 8 nitrogen and oxygen atoms in total. The van der Waals surface area contributed by atoms with E-state index in [4.69, 9.17) is 0 Å². The molecule has 5 aliphatic heterocycles. The van der Waals surface area contributed by atoms with Gasteiger partial charge in [0.1, 0.15) is 0 Å². The Morgan fingerprint density at radius 2 is 0.439 bits per heavy atom. The molecule has 0 spiro atoms. The molecule has 57 heavy (non-hydrogen) atoms. The summed E-state index contributed by atoms with van der Waals surface area (Å²) in [5.74, 6) is 7.49. The molecule has 8 N–H and O–H groups in total. The normalized spacial score (nSPS) is 50.3. The third-order valence-corrected chi connectivity index (χ3v) is 18.3.